The maximum atomic E-state index is 11.7. The van der Waals surface area contributed by atoms with Crippen LogP contribution < -0.4 is 0 Å². The van der Waals surface area contributed by atoms with E-state index in [4.69, 9.17) is 0 Å². The van der Waals surface area contributed by atoms with Crippen LogP contribution in [0.25, 0.3) is 0 Å². The number of unbranched alkanes of at least 4 members (excludes halogenated alkanes) is 3. The molecule has 2 aromatic carbocycles. The van der Waals surface area contributed by atoms with Gasteiger partial charge in [0, 0.05) is 0 Å². The second-order valence-corrected chi connectivity index (χ2v) is 23.5. The number of benzene rings is 2. The van der Waals surface area contributed by atoms with Gasteiger partial charge in [-0.25, -0.2) is 0 Å². The molecule has 0 heterocycles. The Hall–Kier alpha value is -1.06. The van der Waals surface area contributed by atoms with E-state index in [1.165, 1.54) is 57.4 Å². The van der Waals surface area contributed by atoms with Gasteiger partial charge in [-0.1, -0.05) is 0 Å². The van der Waals surface area contributed by atoms with Gasteiger partial charge in [0.25, 0.3) is 0 Å². The molecular weight excluding hydrogens is 495 g/mol. The Balaban J connectivity index is 2.34. The molecule has 0 saturated carbocycles. The van der Waals surface area contributed by atoms with Gasteiger partial charge in [0.1, 0.15) is 0 Å². The van der Waals surface area contributed by atoms with E-state index in [1.807, 2.05) is 0 Å². The Bertz CT molecular complexity index is 718. The molecule has 0 aromatic heterocycles. The molecule has 2 aromatic rings. The predicted octanol–water partition coefficient (Wildman–Crippen LogP) is 9.13. The van der Waals surface area contributed by atoms with Gasteiger partial charge in [0.05, 0.1) is 0 Å². The summed E-state index contributed by atoms with van der Waals surface area (Å²) in [7, 11) is 0. The van der Waals surface area contributed by atoms with E-state index < -0.39 is 18.4 Å². The summed E-state index contributed by atoms with van der Waals surface area (Å²) >= 11 is -2.66. The van der Waals surface area contributed by atoms with Crippen molar-refractivity contribution in [1.29, 1.82) is 0 Å². The molecule has 2 heteroatoms. The summed E-state index contributed by atoms with van der Waals surface area (Å²) in [5.74, 6) is 0. The molecule has 2 rings (SSSR count). The van der Waals surface area contributed by atoms with Crippen molar-refractivity contribution in [3.05, 3.63) is 83.9 Å². The van der Waals surface area contributed by atoms with Crippen LogP contribution in [-0.4, -0.2) is 23.5 Å². The van der Waals surface area contributed by atoms with Gasteiger partial charge in [0.15, 0.2) is 0 Å². The molecule has 0 aliphatic carbocycles. The Kier molecular flexibility index (Phi) is 13.4. The van der Waals surface area contributed by atoms with Crippen LogP contribution in [0.15, 0.2) is 72.8 Å². The average molecular weight is 541 g/mol. The van der Waals surface area contributed by atoms with Gasteiger partial charge in [-0.15, -0.1) is 0 Å². The third kappa shape index (κ3) is 8.71. The van der Waals surface area contributed by atoms with E-state index >= 15 is 0 Å². The molecule has 0 spiro atoms. The number of hydrogen-bond donors (Lipinski definition) is 1. The molecule has 0 aliphatic heterocycles. The molecule has 0 bridgehead atoms. The van der Waals surface area contributed by atoms with Gasteiger partial charge >= 0.3 is 203 Å². The van der Waals surface area contributed by atoms with Crippen LogP contribution in [-0.2, 0) is 6.42 Å². The van der Waals surface area contributed by atoms with Crippen molar-refractivity contribution in [2.24, 2.45) is 0 Å². The van der Waals surface area contributed by atoms with Crippen LogP contribution in [0, 0.1) is 0 Å². The number of aryl methyl sites for hydroxylation is 1. The first-order chi connectivity index (χ1) is 15.7. The van der Waals surface area contributed by atoms with E-state index in [-0.39, 0.29) is 6.10 Å². The van der Waals surface area contributed by atoms with Crippen LogP contribution >= 0.6 is 0 Å². The topological polar surface area (TPSA) is 20.2 Å². The minimum absolute atomic E-state index is 0.356. The van der Waals surface area contributed by atoms with Crippen LogP contribution in [0.2, 0.25) is 17.2 Å². The zero-order valence-corrected chi connectivity index (χ0v) is 23.7. The fourth-order valence-electron chi connectivity index (χ4n) is 5.10. The number of rotatable bonds is 16. The molecule has 0 fully saturated rings. The number of aliphatic hydroxyl groups excluding tert-OH is 1. The fraction of sp³-hybridized carbons (Fsp3) is 0.533. The number of aliphatic hydroxyl groups is 1. The van der Waals surface area contributed by atoms with E-state index in [9.17, 15) is 5.11 Å². The Morgan fingerprint density at radius 1 is 0.750 bits per heavy atom. The summed E-state index contributed by atoms with van der Waals surface area (Å²) in [6.45, 7) is 6.98. The van der Waals surface area contributed by atoms with Crippen molar-refractivity contribution in [2.75, 3.05) is 0 Å². The summed E-state index contributed by atoms with van der Waals surface area (Å²) in [6, 6.07) is 21.3. The van der Waals surface area contributed by atoms with Gasteiger partial charge < -0.3 is 0 Å². The van der Waals surface area contributed by atoms with Crippen molar-refractivity contribution in [2.45, 2.75) is 95.5 Å². The van der Waals surface area contributed by atoms with Crippen molar-refractivity contribution < 1.29 is 5.11 Å². The Morgan fingerprint density at radius 3 is 1.75 bits per heavy atom. The summed E-state index contributed by atoms with van der Waals surface area (Å²) < 4.78 is 4.63. The van der Waals surface area contributed by atoms with Gasteiger partial charge in [-0.05, 0) is 0 Å². The standard InChI is InChI=1S/C18H19O.3C4H9.Sn/c19-18(17-13-7-3-8-14-17)15-9-2-6-12-16-10-4-1-5-11-16;3*1-3-4-2;/h1-5,7-11,13-15,18-19H,6,12H2;3*1,3-4H2,2H3;/b9-2+;;;;/t18-;;;;/m0..../s1. The molecular formula is C30H46OSn. The molecule has 0 aliphatic rings. The van der Waals surface area contributed by atoms with E-state index in [0.29, 0.717) is 3.93 Å². The van der Waals surface area contributed by atoms with Gasteiger partial charge in [-0.3, -0.25) is 0 Å². The minimum atomic E-state index is -2.66. The maximum absolute atomic E-state index is 11.7. The van der Waals surface area contributed by atoms with Crippen LogP contribution in [0.1, 0.15) is 82.9 Å². The van der Waals surface area contributed by atoms with Crippen molar-refractivity contribution in [1.82, 2.24) is 0 Å². The molecule has 1 N–H and O–H groups in total. The number of allylic oxidation sites excluding steroid dienone is 1. The fourth-order valence-corrected chi connectivity index (χ4v) is 23.2. The van der Waals surface area contributed by atoms with Crippen molar-refractivity contribution in [3.8, 4) is 0 Å². The zero-order valence-electron chi connectivity index (χ0n) is 20.8. The molecule has 0 radical (unpaired) electrons. The molecule has 32 heavy (non-hydrogen) atoms. The zero-order chi connectivity index (χ0) is 23.1. The van der Waals surface area contributed by atoms with Gasteiger partial charge in [0.2, 0.25) is 0 Å². The molecule has 0 unspecified atom stereocenters. The third-order valence-electron chi connectivity index (χ3n) is 7.06. The van der Waals surface area contributed by atoms with E-state index in [1.54, 1.807) is 0 Å². The normalized spacial score (nSPS) is 14.0. The third-order valence-corrected chi connectivity index (χ3v) is 24.1. The summed E-state index contributed by atoms with van der Waals surface area (Å²) in [5.41, 5.74) is 2.51. The molecule has 1 nitrogen and oxygen atoms in total. The number of hydrogen-bond acceptors (Lipinski definition) is 1. The summed E-state index contributed by atoms with van der Waals surface area (Å²) in [6.07, 6.45) is 14.5. The molecule has 2 atom stereocenters. The second-order valence-electron chi connectivity index (χ2n) is 9.51. The Morgan fingerprint density at radius 2 is 1.25 bits per heavy atom. The van der Waals surface area contributed by atoms with Gasteiger partial charge in [-0.2, -0.15) is 0 Å². The van der Waals surface area contributed by atoms with Crippen molar-refractivity contribution >= 4 is 18.4 Å². The van der Waals surface area contributed by atoms with Crippen molar-refractivity contribution in [3.63, 3.8) is 0 Å². The molecule has 0 amide bonds. The van der Waals surface area contributed by atoms with Crippen LogP contribution in [0.5, 0.6) is 0 Å². The Labute approximate surface area is 202 Å². The monoisotopic (exact) mass is 542 g/mol. The SMILES string of the molecule is CCC[CH2][Sn]([CH2]CCC)([CH2]CCC)[C@@H](/C=C/CCc1ccccc1)[C@H](O)c1ccccc1. The van der Waals surface area contributed by atoms with E-state index in [2.05, 4.69) is 93.6 Å². The first-order valence-electron chi connectivity index (χ1n) is 13.1. The first kappa shape index (κ1) is 27.2. The summed E-state index contributed by atoms with van der Waals surface area (Å²) in [4.78, 5) is 0. The second kappa shape index (κ2) is 15.7. The van der Waals surface area contributed by atoms with Crippen LogP contribution in [0.3, 0.4) is 0 Å². The van der Waals surface area contributed by atoms with Crippen LogP contribution in [0.4, 0.5) is 0 Å². The molecule has 0 saturated heterocycles. The predicted molar refractivity (Wildman–Crippen MR) is 144 cm³/mol. The molecule has 176 valence electrons. The summed E-state index contributed by atoms with van der Waals surface area (Å²) in [5, 5.41) is 11.7. The quantitative estimate of drug-likeness (QED) is 0.166. The first-order valence-corrected chi connectivity index (χ1v) is 20.8. The average Bonchev–Trinajstić information content (AvgIpc) is 2.85. The van der Waals surface area contributed by atoms with E-state index in [0.717, 1.165) is 18.4 Å².